The summed E-state index contributed by atoms with van der Waals surface area (Å²) < 4.78 is 7.38. The zero-order valence-corrected chi connectivity index (χ0v) is 15.3. The Labute approximate surface area is 153 Å². The van der Waals surface area contributed by atoms with E-state index in [1.165, 1.54) is 12.0 Å². The Morgan fingerprint density at radius 1 is 1.27 bits per heavy atom. The maximum atomic E-state index is 5.58. The Balaban J connectivity index is 1.55. The van der Waals surface area contributed by atoms with Crippen molar-refractivity contribution in [1.29, 1.82) is 0 Å². The molecule has 4 rings (SSSR count). The average Bonchev–Trinajstić information content (AvgIpc) is 3.06. The summed E-state index contributed by atoms with van der Waals surface area (Å²) in [6.07, 6.45) is 2.34. The lowest BCUT2D eigenvalue weighted by Gasteiger charge is -2.34. The summed E-state index contributed by atoms with van der Waals surface area (Å²) in [7, 11) is 3.62. The van der Waals surface area contributed by atoms with E-state index >= 15 is 0 Å². The van der Waals surface area contributed by atoms with Crippen LogP contribution in [0.2, 0.25) is 0 Å². The van der Waals surface area contributed by atoms with E-state index in [0.29, 0.717) is 12.1 Å². The van der Waals surface area contributed by atoms with Crippen LogP contribution >= 0.6 is 0 Å². The minimum atomic E-state index is 0.332. The number of nitrogens with zero attached hydrogens (tertiary/aromatic N) is 3. The maximum absolute atomic E-state index is 5.58. The fraction of sp³-hybridized carbons (Fsp3) is 0.400. The number of ether oxygens (including phenoxy) is 1. The molecule has 0 radical (unpaired) electrons. The molecule has 2 atom stereocenters. The molecule has 26 heavy (non-hydrogen) atoms. The molecule has 2 N–H and O–H groups in total. The summed E-state index contributed by atoms with van der Waals surface area (Å²) in [5.41, 5.74) is 4.34. The number of nitrogens with one attached hydrogen (secondary N) is 2. The molecule has 6 nitrogen and oxygen atoms in total. The van der Waals surface area contributed by atoms with Gasteiger partial charge in [-0.1, -0.05) is 35.5 Å². The quantitative estimate of drug-likeness (QED) is 0.740. The van der Waals surface area contributed by atoms with Crippen molar-refractivity contribution in [2.45, 2.75) is 31.5 Å². The molecule has 0 bridgehead atoms. The van der Waals surface area contributed by atoms with Crippen LogP contribution in [0.4, 0.5) is 0 Å². The van der Waals surface area contributed by atoms with E-state index in [0.717, 1.165) is 41.9 Å². The number of benzene rings is 2. The number of hydrogen-bond acceptors (Lipinski definition) is 5. The van der Waals surface area contributed by atoms with Crippen LogP contribution in [0.5, 0.6) is 5.75 Å². The summed E-state index contributed by atoms with van der Waals surface area (Å²) in [4.78, 5) is 0. The SMILES string of the molecule is COc1cc2nnn(C)c2cc1CN[C@H]1CCCN[C@H]1c1ccccc1. The van der Waals surface area contributed by atoms with Crippen LogP contribution in [-0.2, 0) is 13.6 Å². The Hall–Kier alpha value is -2.44. The third-order valence-corrected chi connectivity index (χ3v) is 5.18. The zero-order chi connectivity index (χ0) is 17.9. The first-order valence-corrected chi connectivity index (χ1v) is 9.14. The van der Waals surface area contributed by atoms with Gasteiger partial charge in [-0.3, -0.25) is 0 Å². The minimum absolute atomic E-state index is 0.332. The Morgan fingerprint density at radius 3 is 2.92 bits per heavy atom. The molecule has 1 fully saturated rings. The van der Waals surface area contributed by atoms with Gasteiger partial charge in [-0.2, -0.15) is 0 Å². The molecule has 0 unspecified atom stereocenters. The van der Waals surface area contributed by atoms with Crippen molar-refractivity contribution in [2.24, 2.45) is 7.05 Å². The highest BCUT2D eigenvalue weighted by Gasteiger charge is 2.25. The third-order valence-electron chi connectivity index (χ3n) is 5.18. The van der Waals surface area contributed by atoms with E-state index in [2.05, 4.69) is 57.3 Å². The molecule has 1 aliphatic heterocycles. The van der Waals surface area contributed by atoms with Gasteiger partial charge in [-0.25, -0.2) is 4.68 Å². The number of aromatic nitrogens is 3. The lowest BCUT2D eigenvalue weighted by atomic mass is 9.92. The molecule has 0 amide bonds. The molecule has 0 saturated carbocycles. The third kappa shape index (κ3) is 3.30. The van der Waals surface area contributed by atoms with Crippen LogP contribution in [0.25, 0.3) is 11.0 Å². The van der Waals surface area contributed by atoms with Gasteiger partial charge in [-0.15, -0.1) is 5.10 Å². The van der Waals surface area contributed by atoms with Gasteiger partial charge in [0.1, 0.15) is 11.3 Å². The van der Waals surface area contributed by atoms with Crippen molar-refractivity contribution < 1.29 is 4.74 Å². The van der Waals surface area contributed by atoms with E-state index in [9.17, 15) is 0 Å². The van der Waals surface area contributed by atoms with Crippen LogP contribution < -0.4 is 15.4 Å². The van der Waals surface area contributed by atoms with Gasteiger partial charge in [0.05, 0.1) is 12.6 Å². The second-order valence-corrected chi connectivity index (χ2v) is 6.84. The maximum Gasteiger partial charge on any atom is 0.125 e. The van der Waals surface area contributed by atoms with Crippen molar-refractivity contribution in [3.63, 3.8) is 0 Å². The highest BCUT2D eigenvalue weighted by atomic mass is 16.5. The number of aryl methyl sites for hydroxylation is 1. The number of piperidine rings is 1. The molecule has 1 saturated heterocycles. The van der Waals surface area contributed by atoms with Crippen LogP contribution in [0.1, 0.15) is 30.0 Å². The van der Waals surface area contributed by atoms with Crippen LogP contribution in [0, 0.1) is 0 Å². The minimum Gasteiger partial charge on any atom is -0.496 e. The molecule has 1 aliphatic rings. The lowest BCUT2D eigenvalue weighted by Crippen LogP contribution is -2.45. The topological polar surface area (TPSA) is 64.0 Å². The van der Waals surface area contributed by atoms with Crippen LogP contribution in [0.3, 0.4) is 0 Å². The Bertz CT molecular complexity index is 877. The molecular formula is C20H25N5O. The zero-order valence-electron chi connectivity index (χ0n) is 15.3. The van der Waals surface area contributed by atoms with Crippen LogP contribution in [0.15, 0.2) is 42.5 Å². The van der Waals surface area contributed by atoms with E-state index in [1.807, 2.05) is 13.1 Å². The normalized spacial score (nSPS) is 20.4. The fourth-order valence-electron chi connectivity index (χ4n) is 3.79. The second kappa shape index (κ2) is 7.43. The predicted octanol–water partition coefficient (Wildman–Crippen LogP) is 2.56. The van der Waals surface area contributed by atoms with Crippen molar-refractivity contribution >= 4 is 11.0 Å². The molecule has 0 spiro atoms. The Morgan fingerprint density at radius 2 is 2.12 bits per heavy atom. The average molecular weight is 351 g/mol. The van der Waals surface area contributed by atoms with Crippen LogP contribution in [-0.4, -0.2) is 34.7 Å². The highest BCUT2D eigenvalue weighted by Crippen LogP contribution is 2.27. The summed E-state index contributed by atoms with van der Waals surface area (Å²) in [6.45, 7) is 1.81. The van der Waals surface area contributed by atoms with Gasteiger partial charge in [0.15, 0.2) is 0 Å². The summed E-state index contributed by atoms with van der Waals surface area (Å²) in [6, 6.07) is 15.5. The van der Waals surface area contributed by atoms with Crippen molar-refractivity contribution in [1.82, 2.24) is 25.6 Å². The molecule has 2 heterocycles. The number of methoxy groups -OCH3 is 1. The first kappa shape index (κ1) is 17.0. The molecular weight excluding hydrogens is 326 g/mol. The van der Waals surface area contributed by atoms with Crippen molar-refractivity contribution in [3.05, 3.63) is 53.6 Å². The Kier molecular flexibility index (Phi) is 4.86. The molecule has 6 heteroatoms. The van der Waals surface area contributed by atoms with Gasteiger partial charge in [0.25, 0.3) is 0 Å². The molecule has 0 aliphatic carbocycles. The van der Waals surface area contributed by atoms with Crippen molar-refractivity contribution in [3.8, 4) is 5.75 Å². The molecule has 3 aromatic rings. The number of hydrogen-bond donors (Lipinski definition) is 2. The summed E-state index contributed by atoms with van der Waals surface area (Å²) >= 11 is 0. The molecule has 2 aromatic carbocycles. The second-order valence-electron chi connectivity index (χ2n) is 6.84. The smallest absolute Gasteiger partial charge is 0.125 e. The summed E-state index contributed by atoms with van der Waals surface area (Å²) in [5.74, 6) is 0.852. The highest BCUT2D eigenvalue weighted by molar-refractivity contribution is 5.77. The van der Waals surface area contributed by atoms with Gasteiger partial charge in [-0.05, 0) is 31.0 Å². The summed E-state index contributed by atoms with van der Waals surface area (Å²) in [5, 5.41) is 15.7. The van der Waals surface area contributed by atoms with Crippen molar-refractivity contribution in [2.75, 3.05) is 13.7 Å². The predicted molar refractivity (Wildman–Crippen MR) is 102 cm³/mol. The van der Waals surface area contributed by atoms with Gasteiger partial charge in [0.2, 0.25) is 0 Å². The monoisotopic (exact) mass is 351 g/mol. The number of fused-ring (bicyclic) bond motifs is 1. The first-order valence-electron chi connectivity index (χ1n) is 9.14. The molecule has 1 aromatic heterocycles. The van der Waals surface area contributed by atoms with Gasteiger partial charge in [0, 0.05) is 37.3 Å². The van der Waals surface area contributed by atoms with E-state index in [1.54, 1.807) is 11.8 Å². The largest absolute Gasteiger partial charge is 0.496 e. The van der Waals surface area contributed by atoms with Gasteiger partial charge < -0.3 is 15.4 Å². The molecule has 136 valence electrons. The first-order chi connectivity index (χ1) is 12.8. The number of rotatable bonds is 5. The van der Waals surface area contributed by atoms with E-state index < -0.39 is 0 Å². The lowest BCUT2D eigenvalue weighted by molar-refractivity contribution is 0.303. The van der Waals surface area contributed by atoms with Gasteiger partial charge >= 0.3 is 0 Å². The fourth-order valence-corrected chi connectivity index (χ4v) is 3.79. The van der Waals surface area contributed by atoms with E-state index in [-0.39, 0.29) is 0 Å². The standard InChI is InChI=1S/C20H25N5O/c1-25-18-11-15(19(26-2)12-17(18)23-24-25)13-22-16-9-6-10-21-20(16)14-7-4-3-5-8-14/h3-5,7-8,11-12,16,20-22H,6,9-10,13H2,1-2H3/t16-,20-/m0/s1. The van der Waals surface area contributed by atoms with E-state index in [4.69, 9.17) is 4.74 Å².